The summed E-state index contributed by atoms with van der Waals surface area (Å²) in [5.41, 5.74) is 0.355. The zero-order chi connectivity index (χ0) is 7.73. The van der Waals surface area contributed by atoms with Crippen LogP contribution in [0.25, 0.3) is 0 Å². The van der Waals surface area contributed by atoms with Crippen LogP contribution in [-0.2, 0) is 0 Å². The van der Waals surface area contributed by atoms with Crippen LogP contribution in [0.5, 0.6) is 0 Å². The highest BCUT2D eigenvalue weighted by molar-refractivity contribution is 4.99. The highest BCUT2D eigenvalue weighted by Crippen LogP contribution is 2.53. The molecule has 0 aromatic rings. The second-order valence-electron chi connectivity index (χ2n) is 4.06. The van der Waals surface area contributed by atoms with E-state index in [-0.39, 0.29) is 0 Å². The largest absolute Gasteiger partial charge is 0.396 e. The number of aliphatic hydroxyl groups excluding tert-OH is 1. The number of piperidine rings is 1. The molecule has 1 unspecified atom stereocenters. The van der Waals surface area contributed by atoms with Crippen LogP contribution in [0, 0.1) is 11.3 Å². The molecule has 0 radical (unpaired) electrons. The first-order valence-electron chi connectivity index (χ1n) is 4.69. The Morgan fingerprint density at radius 1 is 1.45 bits per heavy atom. The van der Waals surface area contributed by atoms with Crippen LogP contribution >= 0.6 is 0 Å². The molecule has 2 N–H and O–H groups in total. The van der Waals surface area contributed by atoms with Crippen molar-refractivity contribution in [3.63, 3.8) is 0 Å². The second kappa shape index (κ2) is 2.76. The first-order chi connectivity index (χ1) is 5.37. The molecule has 1 heterocycles. The van der Waals surface area contributed by atoms with Crippen LogP contribution in [0.3, 0.4) is 0 Å². The van der Waals surface area contributed by atoms with E-state index in [9.17, 15) is 5.11 Å². The molecule has 64 valence electrons. The van der Waals surface area contributed by atoms with Gasteiger partial charge in [0.15, 0.2) is 0 Å². The third-order valence-electron chi connectivity index (χ3n) is 3.37. The SMILES string of the molecule is OCC1(C2CCCNC2)CC1. The van der Waals surface area contributed by atoms with Crippen molar-refractivity contribution in [3.8, 4) is 0 Å². The van der Waals surface area contributed by atoms with Gasteiger partial charge >= 0.3 is 0 Å². The maximum atomic E-state index is 9.18. The Balaban J connectivity index is 1.92. The summed E-state index contributed by atoms with van der Waals surface area (Å²) in [7, 11) is 0. The molecule has 0 spiro atoms. The fraction of sp³-hybridized carbons (Fsp3) is 1.00. The molecule has 2 nitrogen and oxygen atoms in total. The molecule has 0 amide bonds. The second-order valence-corrected chi connectivity index (χ2v) is 4.06. The number of hydrogen-bond acceptors (Lipinski definition) is 2. The Kier molecular flexibility index (Phi) is 1.90. The minimum atomic E-state index is 0.355. The molecule has 1 aliphatic heterocycles. The molecular weight excluding hydrogens is 138 g/mol. The van der Waals surface area contributed by atoms with Crippen LogP contribution in [0.15, 0.2) is 0 Å². The van der Waals surface area contributed by atoms with Gasteiger partial charge in [-0.25, -0.2) is 0 Å². The third kappa shape index (κ3) is 1.30. The standard InChI is InChI=1S/C9H17NO/c11-7-9(3-4-9)8-2-1-5-10-6-8/h8,10-11H,1-7H2. The van der Waals surface area contributed by atoms with Crippen LogP contribution in [0.1, 0.15) is 25.7 Å². The van der Waals surface area contributed by atoms with Gasteiger partial charge in [0.2, 0.25) is 0 Å². The minimum Gasteiger partial charge on any atom is -0.396 e. The summed E-state index contributed by atoms with van der Waals surface area (Å²) in [5.74, 6) is 0.765. The molecule has 2 aliphatic rings. The molecule has 2 fully saturated rings. The molecule has 2 rings (SSSR count). The smallest absolute Gasteiger partial charge is 0.0490 e. The van der Waals surface area contributed by atoms with Crippen molar-refractivity contribution in [2.45, 2.75) is 25.7 Å². The predicted octanol–water partition coefficient (Wildman–Crippen LogP) is 0.758. The lowest BCUT2D eigenvalue weighted by Crippen LogP contribution is -2.36. The predicted molar refractivity (Wildman–Crippen MR) is 44.3 cm³/mol. The van der Waals surface area contributed by atoms with E-state index in [1.807, 2.05) is 0 Å². The van der Waals surface area contributed by atoms with Gasteiger partial charge in [-0.1, -0.05) is 0 Å². The lowest BCUT2D eigenvalue weighted by molar-refractivity contribution is 0.136. The topological polar surface area (TPSA) is 32.3 Å². The summed E-state index contributed by atoms with van der Waals surface area (Å²) < 4.78 is 0. The summed E-state index contributed by atoms with van der Waals surface area (Å²) in [6.07, 6.45) is 5.14. The molecule has 1 saturated heterocycles. The molecule has 1 atom stereocenters. The summed E-state index contributed by atoms with van der Waals surface area (Å²) in [6.45, 7) is 2.73. The van der Waals surface area contributed by atoms with E-state index in [0.29, 0.717) is 12.0 Å². The van der Waals surface area contributed by atoms with Crippen molar-refractivity contribution in [3.05, 3.63) is 0 Å². The van der Waals surface area contributed by atoms with E-state index in [4.69, 9.17) is 0 Å². The van der Waals surface area contributed by atoms with Gasteiger partial charge in [0, 0.05) is 6.61 Å². The number of hydrogen-bond donors (Lipinski definition) is 2. The first-order valence-corrected chi connectivity index (χ1v) is 4.69. The summed E-state index contributed by atoms with van der Waals surface area (Å²) in [4.78, 5) is 0. The Labute approximate surface area is 68.0 Å². The highest BCUT2D eigenvalue weighted by atomic mass is 16.3. The van der Waals surface area contributed by atoms with Crippen molar-refractivity contribution < 1.29 is 5.11 Å². The van der Waals surface area contributed by atoms with Crippen LogP contribution in [0.4, 0.5) is 0 Å². The van der Waals surface area contributed by atoms with Crippen molar-refractivity contribution >= 4 is 0 Å². The molecule has 0 aromatic carbocycles. The van der Waals surface area contributed by atoms with Crippen molar-refractivity contribution in [1.29, 1.82) is 0 Å². The average molecular weight is 155 g/mol. The van der Waals surface area contributed by atoms with Crippen LogP contribution in [-0.4, -0.2) is 24.8 Å². The number of rotatable bonds is 2. The number of nitrogens with one attached hydrogen (secondary N) is 1. The Morgan fingerprint density at radius 3 is 2.73 bits per heavy atom. The quantitative estimate of drug-likeness (QED) is 0.617. The van der Waals surface area contributed by atoms with E-state index >= 15 is 0 Å². The van der Waals surface area contributed by atoms with Gasteiger partial charge < -0.3 is 10.4 Å². The number of aliphatic hydroxyl groups is 1. The molecule has 1 aliphatic carbocycles. The first kappa shape index (κ1) is 7.56. The van der Waals surface area contributed by atoms with Gasteiger partial charge in [-0.05, 0) is 50.1 Å². The molecule has 2 heteroatoms. The molecule has 11 heavy (non-hydrogen) atoms. The summed E-state index contributed by atoms with van der Waals surface area (Å²) in [6, 6.07) is 0. The fourth-order valence-electron chi connectivity index (χ4n) is 2.23. The van der Waals surface area contributed by atoms with Crippen LogP contribution < -0.4 is 5.32 Å². The fourth-order valence-corrected chi connectivity index (χ4v) is 2.23. The van der Waals surface area contributed by atoms with Gasteiger partial charge in [-0.3, -0.25) is 0 Å². The van der Waals surface area contributed by atoms with Crippen LogP contribution in [0.2, 0.25) is 0 Å². The van der Waals surface area contributed by atoms with Crippen molar-refractivity contribution in [1.82, 2.24) is 5.32 Å². The third-order valence-corrected chi connectivity index (χ3v) is 3.37. The highest BCUT2D eigenvalue weighted by Gasteiger charge is 2.48. The van der Waals surface area contributed by atoms with E-state index < -0.39 is 0 Å². The Hall–Kier alpha value is -0.0800. The molecular formula is C9H17NO. The summed E-state index contributed by atoms with van der Waals surface area (Å²) in [5, 5.41) is 12.6. The molecule has 1 saturated carbocycles. The lowest BCUT2D eigenvalue weighted by Gasteiger charge is -2.29. The minimum absolute atomic E-state index is 0.355. The monoisotopic (exact) mass is 155 g/mol. The van der Waals surface area contributed by atoms with Gasteiger partial charge in [-0.2, -0.15) is 0 Å². The van der Waals surface area contributed by atoms with E-state index in [0.717, 1.165) is 12.5 Å². The normalized spacial score (nSPS) is 35.2. The van der Waals surface area contributed by atoms with E-state index in [1.165, 1.54) is 32.2 Å². The van der Waals surface area contributed by atoms with Crippen molar-refractivity contribution in [2.75, 3.05) is 19.7 Å². The maximum Gasteiger partial charge on any atom is 0.0490 e. The average Bonchev–Trinajstić information content (AvgIpc) is 2.86. The van der Waals surface area contributed by atoms with E-state index in [2.05, 4.69) is 5.32 Å². The molecule has 0 aromatic heterocycles. The lowest BCUT2D eigenvalue weighted by atomic mass is 9.84. The maximum absolute atomic E-state index is 9.18. The van der Waals surface area contributed by atoms with Gasteiger partial charge in [0.05, 0.1) is 0 Å². The zero-order valence-electron chi connectivity index (χ0n) is 6.97. The van der Waals surface area contributed by atoms with Crippen molar-refractivity contribution in [2.24, 2.45) is 11.3 Å². The van der Waals surface area contributed by atoms with E-state index in [1.54, 1.807) is 0 Å². The van der Waals surface area contributed by atoms with Gasteiger partial charge in [-0.15, -0.1) is 0 Å². The van der Waals surface area contributed by atoms with Gasteiger partial charge in [0.25, 0.3) is 0 Å². The Morgan fingerprint density at radius 2 is 2.27 bits per heavy atom. The Bertz CT molecular complexity index is 136. The zero-order valence-corrected chi connectivity index (χ0v) is 6.97. The summed E-state index contributed by atoms with van der Waals surface area (Å²) >= 11 is 0. The van der Waals surface area contributed by atoms with Gasteiger partial charge in [0.1, 0.15) is 0 Å². The molecule has 0 bridgehead atoms.